The molecule has 25 nitrogen and oxygen atoms in total. The Balaban J connectivity index is 2.16. The quantitative estimate of drug-likeness (QED) is 0.0289. The number of nitrogens with one attached hydrogen (secondary N) is 4. The Labute approximate surface area is 543 Å². The molecule has 8 N–H and O–H groups in total. The predicted octanol–water partition coefficient (Wildman–Crippen LogP) is 7.77. The van der Waals surface area contributed by atoms with Crippen molar-refractivity contribution in [1.29, 1.82) is 0 Å². The molecule has 0 aliphatic heterocycles. The van der Waals surface area contributed by atoms with Crippen molar-refractivity contribution in [2.24, 2.45) is 23.2 Å². The number of ether oxygens (including phenoxy) is 4. The number of carboxylic acids is 3. The number of rotatable bonds is 64. The van der Waals surface area contributed by atoms with Gasteiger partial charge < -0.3 is 60.3 Å². The molecular weight excluding hydrogens is 1190 g/mol. The van der Waals surface area contributed by atoms with Crippen molar-refractivity contribution < 1.29 is 96.9 Å². The summed E-state index contributed by atoms with van der Waals surface area (Å²) in [6, 6.07) is -1.11. The number of carbonyl (C=O) groups is 12. The molecule has 0 aromatic carbocycles. The van der Waals surface area contributed by atoms with Crippen LogP contribution in [0.4, 0.5) is 0 Å². The van der Waals surface area contributed by atoms with Crippen molar-refractivity contribution in [3.63, 3.8) is 0 Å². The first-order chi connectivity index (χ1) is 43.9. The van der Waals surface area contributed by atoms with Crippen molar-refractivity contribution in [3.8, 4) is 0 Å². The van der Waals surface area contributed by atoms with Crippen LogP contribution in [0.1, 0.15) is 232 Å². The van der Waals surface area contributed by atoms with Gasteiger partial charge in [0.1, 0.15) is 48.2 Å². The number of aromatic nitrogens is 2. The Morgan fingerprint density at radius 3 is 1.50 bits per heavy atom. The van der Waals surface area contributed by atoms with Crippen LogP contribution in [0.15, 0.2) is 12.5 Å². The minimum atomic E-state index is -1.22. The lowest BCUT2D eigenvalue weighted by molar-refractivity contribution is -0.145. The number of H-pyrrole nitrogens is 1. The first-order valence-electron chi connectivity index (χ1n) is 33.5. The summed E-state index contributed by atoms with van der Waals surface area (Å²) in [6.07, 6.45) is 19.2. The lowest BCUT2D eigenvalue weighted by Crippen LogP contribution is -2.48. The molecule has 1 aromatic rings. The summed E-state index contributed by atoms with van der Waals surface area (Å²) in [5, 5.41) is 46.2. The number of carboxylic acid groups (broad SMARTS) is 3. The van der Waals surface area contributed by atoms with E-state index >= 15 is 0 Å². The second kappa shape index (κ2) is 52.3. The van der Waals surface area contributed by atoms with Gasteiger partial charge in [-0.05, 0) is 71.6 Å². The van der Waals surface area contributed by atoms with Gasteiger partial charge in [0, 0.05) is 107 Å². The van der Waals surface area contributed by atoms with Gasteiger partial charge in [-0.25, -0.2) is 4.98 Å². The smallest absolute Gasteiger partial charge is 0.306 e. The van der Waals surface area contributed by atoms with Crippen LogP contribution < -0.4 is 16.0 Å². The summed E-state index contributed by atoms with van der Waals surface area (Å²) in [4.78, 5) is 155. The van der Waals surface area contributed by atoms with Gasteiger partial charge in [-0.1, -0.05) is 97.3 Å². The van der Waals surface area contributed by atoms with Gasteiger partial charge in [-0.2, -0.15) is 0 Å². The molecule has 25 heteroatoms. The molecular formula is C67H111N5O20. The Kier molecular flexibility index (Phi) is 47.6. The van der Waals surface area contributed by atoms with Crippen molar-refractivity contribution in [3.05, 3.63) is 18.2 Å². The Morgan fingerprint density at radius 2 is 0.989 bits per heavy atom. The first-order valence-corrected chi connectivity index (χ1v) is 33.5. The number of ketones is 6. The second-order valence-electron chi connectivity index (χ2n) is 24.8. The molecule has 0 aliphatic carbocycles. The van der Waals surface area contributed by atoms with Gasteiger partial charge in [0.05, 0.1) is 57.3 Å². The highest BCUT2D eigenvalue weighted by atomic mass is 16.5. The maximum absolute atomic E-state index is 13.4. The molecule has 1 heterocycles. The highest BCUT2D eigenvalue weighted by Crippen LogP contribution is 2.28. The topological polar surface area (TPSA) is 387 Å². The van der Waals surface area contributed by atoms with Crippen molar-refractivity contribution in [1.82, 2.24) is 25.9 Å². The van der Waals surface area contributed by atoms with Crippen molar-refractivity contribution in [2.45, 2.75) is 245 Å². The van der Waals surface area contributed by atoms with E-state index in [1.54, 1.807) is 20.0 Å². The standard InChI is InChI=1S/C67H111N5O20/c1-49(73)63(50(2)74)72-64(84)51(28-33-59(79)67(3,4)44-58(78)32-29-54-45-68-48-71-54)22-19-20-34-69-60(80)46-92-41-39-90-37-35-70-61(81)47-91-40-38-89-36-21-24-55(75)30-26-52(65(85)86)43-57(77)31-27-53(66(87)88)42-56(76)23-17-15-13-11-9-7-5-6-8-10-12-14-16-18-25-62(82)83/h45,48-49,51-53,63,73H,5-44,46-47H2,1-4H3,(H,68,71)(H,69,80)(H,70,81)(H,72,84)(H,82,83)(H,85,86)(H,87,88)/t49-,51-,52-,53-,63+/m1/s1. The maximum Gasteiger partial charge on any atom is 0.306 e. The zero-order valence-electron chi connectivity index (χ0n) is 55.5. The van der Waals surface area contributed by atoms with E-state index in [-0.39, 0.29) is 178 Å². The number of aliphatic hydroxyl groups excluding tert-OH is 1. The molecule has 0 fully saturated rings. The number of Topliss-reactive ketones (excluding diaryl/α,β-unsaturated/α-hetero) is 6. The van der Waals surface area contributed by atoms with Crippen LogP contribution in [-0.4, -0.2) is 179 Å². The van der Waals surface area contributed by atoms with Crippen LogP contribution in [0.2, 0.25) is 0 Å². The van der Waals surface area contributed by atoms with E-state index in [1.807, 2.05) is 0 Å². The largest absolute Gasteiger partial charge is 0.481 e. The summed E-state index contributed by atoms with van der Waals surface area (Å²) in [5.41, 5.74) is -0.132. The summed E-state index contributed by atoms with van der Waals surface area (Å²) >= 11 is 0. The van der Waals surface area contributed by atoms with E-state index in [0.717, 1.165) is 57.1 Å². The lowest BCUT2D eigenvalue weighted by atomic mass is 9.79. The molecule has 1 rings (SSSR count). The molecule has 0 saturated heterocycles. The number of aryl methyl sites for hydroxylation is 1. The van der Waals surface area contributed by atoms with E-state index in [2.05, 4.69) is 25.9 Å². The fourth-order valence-corrected chi connectivity index (χ4v) is 10.4. The first kappa shape index (κ1) is 83.9. The third kappa shape index (κ3) is 45.2. The van der Waals surface area contributed by atoms with Gasteiger partial charge >= 0.3 is 17.9 Å². The third-order valence-corrected chi connectivity index (χ3v) is 16.0. The second-order valence-corrected chi connectivity index (χ2v) is 24.8. The summed E-state index contributed by atoms with van der Waals surface area (Å²) in [5.74, 6) is -8.60. The number of imidazole rings is 1. The molecule has 0 saturated carbocycles. The number of unbranched alkanes of at least 4 members (excludes halogenated alkanes) is 14. The zero-order valence-corrected chi connectivity index (χ0v) is 55.5. The Hall–Kier alpha value is -6.15. The molecule has 0 aliphatic rings. The summed E-state index contributed by atoms with van der Waals surface area (Å²) in [6.45, 7) is 7.09. The molecule has 524 valence electrons. The number of amides is 3. The number of aromatic amines is 1. The number of aliphatic carboxylic acids is 3. The van der Waals surface area contributed by atoms with E-state index in [9.17, 15) is 72.9 Å². The van der Waals surface area contributed by atoms with Crippen molar-refractivity contribution >= 4 is 70.3 Å². The summed E-state index contributed by atoms with van der Waals surface area (Å²) in [7, 11) is 0. The molecule has 0 spiro atoms. The van der Waals surface area contributed by atoms with Crippen LogP contribution >= 0.6 is 0 Å². The van der Waals surface area contributed by atoms with Gasteiger partial charge in [0.2, 0.25) is 17.7 Å². The van der Waals surface area contributed by atoms with Crippen LogP contribution in [0.5, 0.6) is 0 Å². The van der Waals surface area contributed by atoms with Crippen LogP contribution in [-0.2, 0) is 82.9 Å². The maximum atomic E-state index is 13.4. The molecule has 0 unspecified atom stereocenters. The normalized spacial score (nSPS) is 13.1. The van der Waals surface area contributed by atoms with E-state index in [1.165, 1.54) is 52.3 Å². The SMILES string of the molecule is CC(=O)[C@@H](NC(=O)[C@H](CCCCNC(=O)COCCOCCNC(=O)COCCOCCCC(=O)CC[C@H](CC(=O)CC[C@H](CC(=O)CCCCCCCCCCCCCCCCC(=O)O)C(=O)O)C(=O)O)CCC(=O)C(C)(C)CC(=O)CCc1cnc[nH]1)[C@@H](C)O. The van der Waals surface area contributed by atoms with Gasteiger partial charge in [-0.3, -0.25) is 57.5 Å². The minimum Gasteiger partial charge on any atom is -0.481 e. The van der Waals surface area contributed by atoms with Gasteiger partial charge in [0.25, 0.3) is 0 Å². The average molecular weight is 1310 g/mol. The molecule has 5 atom stereocenters. The van der Waals surface area contributed by atoms with E-state index in [0.29, 0.717) is 45.1 Å². The Bertz CT molecular complexity index is 2330. The average Bonchev–Trinajstić information content (AvgIpc) is 1.17. The minimum absolute atomic E-state index is 0.0286. The van der Waals surface area contributed by atoms with Crippen LogP contribution in [0, 0.1) is 23.2 Å². The number of hydrogen-bond acceptors (Lipinski definition) is 18. The van der Waals surface area contributed by atoms with Gasteiger partial charge in [-0.15, -0.1) is 0 Å². The van der Waals surface area contributed by atoms with Crippen LogP contribution in [0.25, 0.3) is 0 Å². The zero-order chi connectivity index (χ0) is 68.4. The fourth-order valence-electron chi connectivity index (χ4n) is 10.4. The molecule has 0 bridgehead atoms. The molecule has 3 amide bonds. The monoisotopic (exact) mass is 1310 g/mol. The fraction of sp³-hybridized carbons (Fsp3) is 0.776. The number of carbonyl (C=O) groups excluding carboxylic acids is 9. The molecule has 1 aromatic heterocycles. The number of nitrogens with zero attached hydrogens (tertiary/aromatic N) is 1. The van der Waals surface area contributed by atoms with Gasteiger partial charge in [0.15, 0.2) is 5.78 Å². The third-order valence-electron chi connectivity index (χ3n) is 16.0. The number of hydrogen-bond donors (Lipinski definition) is 8. The van der Waals surface area contributed by atoms with E-state index in [4.69, 9.17) is 24.1 Å². The van der Waals surface area contributed by atoms with E-state index < -0.39 is 70.7 Å². The highest BCUT2D eigenvalue weighted by molar-refractivity contribution is 5.92. The van der Waals surface area contributed by atoms with Crippen LogP contribution in [0.3, 0.4) is 0 Å². The Morgan fingerprint density at radius 1 is 0.511 bits per heavy atom. The number of aliphatic hydroxyl groups is 1. The highest BCUT2D eigenvalue weighted by Gasteiger charge is 2.33. The van der Waals surface area contributed by atoms with Crippen molar-refractivity contribution in [2.75, 3.05) is 65.9 Å². The summed E-state index contributed by atoms with van der Waals surface area (Å²) < 4.78 is 21.6. The molecule has 92 heavy (non-hydrogen) atoms. The molecule has 0 radical (unpaired) electrons. The lowest BCUT2D eigenvalue weighted by Gasteiger charge is -2.25. The predicted molar refractivity (Wildman–Crippen MR) is 341 cm³/mol.